The molecule has 2 atom stereocenters. The van der Waals surface area contributed by atoms with E-state index in [2.05, 4.69) is 61.3 Å². The Morgan fingerprint density at radius 2 is 1.92 bits per heavy atom. The first-order valence-corrected chi connectivity index (χ1v) is 10.1. The van der Waals surface area contributed by atoms with Crippen LogP contribution >= 0.6 is 11.8 Å². The van der Waals surface area contributed by atoms with Gasteiger partial charge in [0.05, 0.1) is 5.56 Å². The SMILES string of the molecule is Cc1ccc(C)c(Sc2ncccc2C(=O)NN2[C@H](C)CCC[C@@H]2C)c1. The Kier molecular flexibility index (Phi) is 5.99. The van der Waals surface area contributed by atoms with Crippen LogP contribution in [0.5, 0.6) is 0 Å². The van der Waals surface area contributed by atoms with Gasteiger partial charge in [-0.15, -0.1) is 0 Å². The molecule has 1 N–H and O–H groups in total. The number of hydrazine groups is 1. The number of aromatic nitrogens is 1. The van der Waals surface area contributed by atoms with Gasteiger partial charge in [-0.2, -0.15) is 0 Å². The summed E-state index contributed by atoms with van der Waals surface area (Å²) < 4.78 is 0. The standard InChI is InChI=1S/C21H27N3OS/c1-14-10-11-15(2)19(13-14)26-21-18(9-6-12-22-21)20(25)23-24-16(3)7-5-8-17(24)4/h6,9-13,16-17H,5,7-8H2,1-4H3,(H,23,25)/t16-,17+. The molecule has 0 aliphatic carbocycles. The lowest BCUT2D eigenvalue weighted by Crippen LogP contribution is -2.54. The minimum atomic E-state index is -0.0773. The maximum absolute atomic E-state index is 13.0. The van der Waals surface area contributed by atoms with E-state index in [1.807, 2.05) is 12.1 Å². The molecule has 1 fully saturated rings. The normalized spacial score (nSPS) is 20.8. The van der Waals surface area contributed by atoms with Crippen LogP contribution in [-0.2, 0) is 0 Å². The number of carbonyl (C=O) groups excluding carboxylic acids is 1. The number of aryl methyl sites for hydroxylation is 2. The van der Waals surface area contributed by atoms with Crippen molar-refractivity contribution in [2.75, 3.05) is 0 Å². The van der Waals surface area contributed by atoms with Gasteiger partial charge >= 0.3 is 0 Å². The third-order valence-electron chi connectivity index (χ3n) is 4.99. The van der Waals surface area contributed by atoms with Crippen molar-refractivity contribution in [1.82, 2.24) is 15.4 Å². The van der Waals surface area contributed by atoms with Gasteiger partial charge in [-0.25, -0.2) is 9.99 Å². The summed E-state index contributed by atoms with van der Waals surface area (Å²) in [5.74, 6) is -0.0773. The first-order chi connectivity index (χ1) is 12.5. The van der Waals surface area contributed by atoms with E-state index in [0.29, 0.717) is 17.6 Å². The monoisotopic (exact) mass is 369 g/mol. The number of hydrogen-bond donors (Lipinski definition) is 1. The summed E-state index contributed by atoms with van der Waals surface area (Å²) in [6.45, 7) is 8.51. The minimum absolute atomic E-state index is 0.0773. The number of carbonyl (C=O) groups is 1. The molecular weight excluding hydrogens is 342 g/mol. The van der Waals surface area contributed by atoms with Gasteiger partial charge in [0.2, 0.25) is 0 Å². The Labute approximate surface area is 160 Å². The van der Waals surface area contributed by atoms with Crippen LogP contribution in [0.25, 0.3) is 0 Å². The lowest BCUT2D eigenvalue weighted by Gasteiger charge is -2.38. The minimum Gasteiger partial charge on any atom is -0.284 e. The van der Waals surface area contributed by atoms with E-state index in [1.54, 1.807) is 18.0 Å². The van der Waals surface area contributed by atoms with Gasteiger partial charge in [0.25, 0.3) is 5.91 Å². The maximum atomic E-state index is 13.0. The smallest absolute Gasteiger partial charge is 0.268 e. The molecule has 5 heteroatoms. The van der Waals surface area contributed by atoms with Crippen LogP contribution in [0, 0.1) is 13.8 Å². The fraction of sp³-hybridized carbons (Fsp3) is 0.429. The van der Waals surface area contributed by atoms with E-state index in [9.17, 15) is 4.79 Å². The molecule has 0 bridgehead atoms. The second kappa shape index (κ2) is 8.23. The molecule has 0 unspecified atom stereocenters. The van der Waals surface area contributed by atoms with E-state index < -0.39 is 0 Å². The predicted octanol–water partition coefficient (Wildman–Crippen LogP) is 4.76. The van der Waals surface area contributed by atoms with Crippen LogP contribution in [0.3, 0.4) is 0 Å². The Morgan fingerprint density at radius 1 is 1.19 bits per heavy atom. The number of rotatable bonds is 4. The van der Waals surface area contributed by atoms with Crippen molar-refractivity contribution in [2.24, 2.45) is 0 Å². The zero-order chi connectivity index (χ0) is 18.7. The highest BCUT2D eigenvalue weighted by atomic mass is 32.2. The Balaban J connectivity index is 1.82. The number of pyridine rings is 1. The zero-order valence-electron chi connectivity index (χ0n) is 16.0. The lowest BCUT2D eigenvalue weighted by atomic mass is 10.00. The molecule has 1 aromatic carbocycles. The van der Waals surface area contributed by atoms with Gasteiger partial charge in [-0.05, 0) is 69.9 Å². The number of nitrogens with one attached hydrogen (secondary N) is 1. The highest BCUT2D eigenvalue weighted by Gasteiger charge is 2.27. The van der Waals surface area contributed by atoms with Crippen molar-refractivity contribution in [3.05, 3.63) is 53.2 Å². The number of hydrogen-bond acceptors (Lipinski definition) is 4. The fourth-order valence-electron chi connectivity index (χ4n) is 3.39. The van der Waals surface area contributed by atoms with Gasteiger partial charge in [0.1, 0.15) is 5.03 Å². The van der Waals surface area contributed by atoms with Crippen LogP contribution < -0.4 is 5.43 Å². The van der Waals surface area contributed by atoms with Crippen molar-refractivity contribution < 1.29 is 4.79 Å². The highest BCUT2D eigenvalue weighted by molar-refractivity contribution is 7.99. The molecule has 26 heavy (non-hydrogen) atoms. The summed E-state index contributed by atoms with van der Waals surface area (Å²) in [7, 11) is 0. The number of piperidine rings is 1. The third-order valence-corrected chi connectivity index (χ3v) is 6.17. The molecule has 1 aromatic heterocycles. The van der Waals surface area contributed by atoms with Gasteiger partial charge in [-0.3, -0.25) is 10.2 Å². The van der Waals surface area contributed by atoms with Crippen LogP contribution in [0.2, 0.25) is 0 Å². The lowest BCUT2D eigenvalue weighted by molar-refractivity contribution is 0.0367. The van der Waals surface area contributed by atoms with Crippen molar-refractivity contribution in [2.45, 2.75) is 69.0 Å². The molecule has 1 aliphatic heterocycles. The second-order valence-electron chi connectivity index (χ2n) is 7.20. The molecule has 138 valence electrons. The summed E-state index contributed by atoms with van der Waals surface area (Å²) in [6, 6.07) is 10.7. The van der Waals surface area contributed by atoms with E-state index in [1.165, 1.54) is 17.5 Å². The fourth-order valence-corrected chi connectivity index (χ4v) is 4.45. The maximum Gasteiger partial charge on any atom is 0.268 e. The quantitative estimate of drug-likeness (QED) is 0.844. The average Bonchev–Trinajstić information content (AvgIpc) is 2.62. The first kappa shape index (κ1) is 18.9. The molecule has 4 nitrogen and oxygen atoms in total. The third kappa shape index (κ3) is 4.27. The van der Waals surface area contributed by atoms with Crippen LogP contribution in [0.4, 0.5) is 0 Å². The zero-order valence-corrected chi connectivity index (χ0v) is 16.8. The Morgan fingerprint density at radius 3 is 2.65 bits per heavy atom. The summed E-state index contributed by atoms with van der Waals surface area (Å²) in [5.41, 5.74) is 6.15. The molecule has 1 amide bonds. The summed E-state index contributed by atoms with van der Waals surface area (Å²) >= 11 is 1.56. The van der Waals surface area contributed by atoms with Crippen molar-refractivity contribution in [3.63, 3.8) is 0 Å². The van der Waals surface area contributed by atoms with E-state index in [4.69, 9.17) is 0 Å². The topological polar surface area (TPSA) is 45.2 Å². The molecule has 0 spiro atoms. The first-order valence-electron chi connectivity index (χ1n) is 9.25. The molecule has 1 aliphatic rings. The molecule has 2 heterocycles. The van der Waals surface area contributed by atoms with Gasteiger partial charge in [-0.1, -0.05) is 30.3 Å². The van der Waals surface area contributed by atoms with Gasteiger partial charge in [0.15, 0.2) is 0 Å². The van der Waals surface area contributed by atoms with Gasteiger partial charge < -0.3 is 0 Å². The van der Waals surface area contributed by atoms with Crippen LogP contribution in [0.15, 0.2) is 46.5 Å². The summed E-state index contributed by atoms with van der Waals surface area (Å²) in [4.78, 5) is 18.6. The largest absolute Gasteiger partial charge is 0.284 e. The van der Waals surface area contributed by atoms with E-state index in [0.717, 1.165) is 22.8 Å². The van der Waals surface area contributed by atoms with Crippen LogP contribution in [0.1, 0.15) is 54.6 Å². The molecule has 2 aromatic rings. The molecule has 0 saturated carbocycles. The number of nitrogens with zero attached hydrogens (tertiary/aromatic N) is 2. The van der Waals surface area contributed by atoms with E-state index >= 15 is 0 Å². The summed E-state index contributed by atoms with van der Waals surface area (Å²) in [5, 5.41) is 2.85. The molecule has 1 saturated heterocycles. The summed E-state index contributed by atoms with van der Waals surface area (Å²) in [6.07, 6.45) is 5.19. The van der Waals surface area contributed by atoms with Crippen molar-refractivity contribution in [1.29, 1.82) is 0 Å². The van der Waals surface area contributed by atoms with Crippen molar-refractivity contribution >= 4 is 17.7 Å². The number of benzene rings is 1. The van der Waals surface area contributed by atoms with Crippen molar-refractivity contribution in [3.8, 4) is 0 Å². The predicted molar refractivity (Wildman–Crippen MR) is 106 cm³/mol. The average molecular weight is 370 g/mol. The molecular formula is C21H27N3OS. The van der Waals surface area contributed by atoms with Gasteiger partial charge in [0, 0.05) is 23.2 Å². The molecule has 0 radical (unpaired) electrons. The molecule has 3 rings (SSSR count). The highest BCUT2D eigenvalue weighted by Crippen LogP contribution is 2.32. The second-order valence-corrected chi connectivity index (χ2v) is 8.23. The Bertz CT molecular complexity index is 783. The van der Waals surface area contributed by atoms with E-state index in [-0.39, 0.29) is 5.91 Å². The Hall–Kier alpha value is -1.85. The number of amides is 1. The van der Waals surface area contributed by atoms with Crippen LogP contribution in [-0.4, -0.2) is 28.0 Å².